The van der Waals surface area contributed by atoms with Crippen LogP contribution in [-0.2, 0) is 4.79 Å². The molecule has 31 heavy (non-hydrogen) atoms. The minimum Gasteiger partial charge on any atom is -0.354 e. The normalized spacial score (nSPS) is 22.4. The fourth-order valence-corrected chi connectivity index (χ4v) is 5.77. The molecule has 5 heteroatoms. The van der Waals surface area contributed by atoms with Gasteiger partial charge in [0.05, 0.1) is 6.04 Å². The topological polar surface area (TPSA) is 52.7 Å². The Morgan fingerprint density at radius 2 is 1.52 bits per heavy atom. The zero-order chi connectivity index (χ0) is 21.6. The number of piperazine rings is 1. The van der Waals surface area contributed by atoms with Crippen LogP contribution in [0.15, 0.2) is 24.3 Å². The molecular weight excluding hydrogens is 386 g/mol. The highest BCUT2D eigenvalue weighted by Crippen LogP contribution is 2.31. The maximum Gasteiger partial charge on any atom is 0.253 e. The van der Waals surface area contributed by atoms with E-state index in [0.29, 0.717) is 24.9 Å². The quantitative estimate of drug-likeness (QED) is 0.749. The Morgan fingerprint density at radius 1 is 0.903 bits per heavy atom. The first-order valence-corrected chi connectivity index (χ1v) is 12.5. The highest BCUT2D eigenvalue weighted by Gasteiger charge is 2.37. The molecule has 0 aromatic heterocycles. The van der Waals surface area contributed by atoms with Crippen molar-refractivity contribution in [2.24, 2.45) is 11.8 Å². The van der Waals surface area contributed by atoms with Crippen LogP contribution in [0.3, 0.4) is 0 Å². The highest BCUT2D eigenvalue weighted by molar-refractivity contribution is 5.94. The average Bonchev–Trinajstić information content (AvgIpc) is 3.33. The van der Waals surface area contributed by atoms with Gasteiger partial charge in [-0.15, -0.1) is 0 Å². The number of hydrogen-bond donors (Lipinski definition) is 1. The van der Waals surface area contributed by atoms with Crippen LogP contribution in [0.5, 0.6) is 0 Å². The molecule has 2 saturated carbocycles. The molecule has 2 amide bonds. The summed E-state index contributed by atoms with van der Waals surface area (Å²) >= 11 is 0. The lowest BCUT2D eigenvalue weighted by Gasteiger charge is -2.41. The molecule has 170 valence electrons. The molecule has 1 unspecified atom stereocenters. The number of amides is 2. The molecule has 0 spiro atoms. The Morgan fingerprint density at radius 3 is 2.16 bits per heavy atom. The van der Waals surface area contributed by atoms with Gasteiger partial charge in [0.25, 0.3) is 5.91 Å². The second kappa shape index (κ2) is 10.6. The summed E-state index contributed by atoms with van der Waals surface area (Å²) in [5.41, 5.74) is 1.93. The van der Waals surface area contributed by atoms with Crippen molar-refractivity contribution in [1.29, 1.82) is 0 Å². The Balaban J connectivity index is 1.34. The third-order valence-electron chi connectivity index (χ3n) is 7.70. The van der Waals surface area contributed by atoms with Crippen molar-refractivity contribution in [3.05, 3.63) is 35.4 Å². The first-order valence-electron chi connectivity index (χ1n) is 12.5. The molecule has 0 radical (unpaired) electrons. The summed E-state index contributed by atoms with van der Waals surface area (Å²) in [7, 11) is 0. The van der Waals surface area contributed by atoms with Crippen LogP contribution in [0.2, 0.25) is 0 Å². The van der Waals surface area contributed by atoms with Crippen molar-refractivity contribution in [3.63, 3.8) is 0 Å². The number of aryl methyl sites for hydroxylation is 1. The van der Waals surface area contributed by atoms with Gasteiger partial charge in [-0.05, 0) is 56.6 Å². The minimum absolute atomic E-state index is 0.0253. The number of nitrogens with zero attached hydrogens (tertiary/aromatic N) is 2. The molecule has 5 nitrogen and oxygen atoms in total. The van der Waals surface area contributed by atoms with Crippen LogP contribution in [0.4, 0.5) is 0 Å². The van der Waals surface area contributed by atoms with E-state index in [1.54, 1.807) is 0 Å². The number of nitrogens with one attached hydrogen (secondary N) is 1. The Bertz CT molecular complexity index is 728. The first-order chi connectivity index (χ1) is 15.1. The molecule has 1 aromatic carbocycles. The summed E-state index contributed by atoms with van der Waals surface area (Å²) in [6.45, 7) is 5.85. The summed E-state index contributed by atoms with van der Waals surface area (Å²) in [6.07, 6.45) is 11.3. The van der Waals surface area contributed by atoms with Gasteiger partial charge in [0.2, 0.25) is 5.91 Å². The van der Waals surface area contributed by atoms with Crippen LogP contribution in [0, 0.1) is 18.8 Å². The predicted octanol–water partition coefficient (Wildman–Crippen LogP) is 4.01. The second-order valence-corrected chi connectivity index (χ2v) is 9.93. The van der Waals surface area contributed by atoms with Crippen molar-refractivity contribution in [3.8, 4) is 0 Å². The second-order valence-electron chi connectivity index (χ2n) is 9.93. The molecule has 1 heterocycles. The van der Waals surface area contributed by atoms with E-state index >= 15 is 0 Å². The number of benzene rings is 1. The monoisotopic (exact) mass is 425 g/mol. The van der Waals surface area contributed by atoms with Gasteiger partial charge < -0.3 is 10.2 Å². The number of hydrogen-bond acceptors (Lipinski definition) is 3. The number of rotatable bonds is 6. The standard InChI is InChI=1S/C26H39N3O2/c1-20-11-13-23(14-12-20)26(31)29-17-15-28(16-18-29)24(22-9-5-6-10-22)25(30)27-19-21-7-3-2-4-8-21/h11-14,21-22,24H,2-10,15-19H2,1H3,(H,27,30). The van der Waals surface area contributed by atoms with Crippen molar-refractivity contribution in [2.75, 3.05) is 32.7 Å². The number of carbonyl (C=O) groups is 2. The lowest BCUT2D eigenvalue weighted by molar-refractivity contribution is -0.129. The van der Waals surface area contributed by atoms with E-state index in [-0.39, 0.29) is 17.9 Å². The molecular formula is C26H39N3O2. The summed E-state index contributed by atoms with van der Waals surface area (Å²) in [5, 5.41) is 3.33. The van der Waals surface area contributed by atoms with Crippen LogP contribution in [0.25, 0.3) is 0 Å². The summed E-state index contributed by atoms with van der Waals surface area (Å²) < 4.78 is 0. The maximum atomic E-state index is 13.3. The van der Waals surface area contributed by atoms with Gasteiger partial charge in [-0.25, -0.2) is 0 Å². The molecule has 1 N–H and O–H groups in total. The third kappa shape index (κ3) is 5.68. The smallest absolute Gasteiger partial charge is 0.253 e. The zero-order valence-electron chi connectivity index (χ0n) is 19.2. The Hall–Kier alpha value is -1.88. The van der Waals surface area contributed by atoms with E-state index in [2.05, 4.69) is 10.2 Å². The van der Waals surface area contributed by atoms with Crippen molar-refractivity contribution in [2.45, 2.75) is 70.8 Å². The molecule has 1 aliphatic heterocycles. The molecule has 2 aliphatic carbocycles. The minimum atomic E-state index is -0.0253. The van der Waals surface area contributed by atoms with Gasteiger partial charge in [-0.1, -0.05) is 49.8 Å². The maximum absolute atomic E-state index is 13.3. The Kier molecular flexibility index (Phi) is 7.65. The molecule has 1 atom stereocenters. The fraction of sp³-hybridized carbons (Fsp3) is 0.692. The van der Waals surface area contributed by atoms with Crippen LogP contribution < -0.4 is 5.32 Å². The van der Waals surface area contributed by atoms with Gasteiger partial charge >= 0.3 is 0 Å². The van der Waals surface area contributed by atoms with Crippen LogP contribution in [-0.4, -0.2) is 60.4 Å². The summed E-state index contributed by atoms with van der Waals surface area (Å²) in [6, 6.07) is 7.81. The van der Waals surface area contributed by atoms with E-state index in [1.807, 2.05) is 36.1 Å². The van der Waals surface area contributed by atoms with E-state index in [4.69, 9.17) is 0 Å². The van der Waals surface area contributed by atoms with E-state index in [1.165, 1.54) is 50.5 Å². The molecule has 1 aromatic rings. The Labute approximate surface area is 187 Å². The molecule has 1 saturated heterocycles. The van der Waals surface area contributed by atoms with Gasteiger partial charge in [-0.2, -0.15) is 0 Å². The predicted molar refractivity (Wildman–Crippen MR) is 124 cm³/mol. The molecule has 3 fully saturated rings. The van der Waals surface area contributed by atoms with Crippen molar-refractivity contribution < 1.29 is 9.59 Å². The van der Waals surface area contributed by atoms with Crippen LogP contribution >= 0.6 is 0 Å². The van der Waals surface area contributed by atoms with E-state index < -0.39 is 0 Å². The summed E-state index contributed by atoms with van der Waals surface area (Å²) in [4.78, 5) is 30.5. The summed E-state index contributed by atoms with van der Waals surface area (Å²) in [5.74, 6) is 1.46. The van der Waals surface area contributed by atoms with Crippen molar-refractivity contribution in [1.82, 2.24) is 15.1 Å². The van der Waals surface area contributed by atoms with Crippen molar-refractivity contribution >= 4 is 11.8 Å². The zero-order valence-corrected chi connectivity index (χ0v) is 19.2. The SMILES string of the molecule is Cc1ccc(C(=O)N2CCN(C(C(=O)NCC3CCCCC3)C3CCCC3)CC2)cc1. The van der Waals surface area contributed by atoms with Gasteiger partial charge in [0, 0.05) is 38.3 Å². The molecule has 0 bridgehead atoms. The van der Waals surface area contributed by atoms with E-state index in [9.17, 15) is 9.59 Å². The number of carbonyl (C=O) groups excluding carboxylic acids is 2. The highest BCUT2D eigenvalue weighted by atomic mass is 16.2. The van der Waals surface area contributed by atoms with Gasteiger partial charge in [0.1, 0.15) is 0 Å². The third-order valence-corrected chi connectivity index (χ3v) is 7.70. The average molecular weight is 426 g/mol. The lowest BCUT2D eigenvalue weighted by atomic mass is 9.89. The lowest BCUT2D eigenvalue weighted by Crippen LogP contribution is -2.58. The largest absolute Gasteiger partial charge is 0.354 e. The molecule has 4 rings (SSSR count). The molecule has 3 aliphatic rings. The van der Waals surface area contributed by atoms with Gasteiger partial charge in [-0.3, -0.25) is 14.5 Å². The van der Waals surface area contributed by atoms with E-state index in [0.717, 1.165) is 38.0 Å². The van der Waals surface area contributed by atoms with Crippen LogP contribution in [0.1, 0.15) is 73.7 Å². The fourth-order valence-electron chi connectivity index (χ4n) is 5.77. The van der Waals surface area contributed by atoms with Gasteiger partial charge in [0.15, 0.2) is 0 Å². The first kappa shape index (κ1) is 22.3.